The first-order chi connectivity index (χ1) is 14.8. The van der Waals surface area contributed by atoms with Gasteiger partial charge in [0.2, 0.25) is 0 Å². The molecule has 2 aromatic rings. The highest BCUT2D eigenvalue weighted by Gasteiger charge is 2.18. The molecule has 0 N–H and O–H groups in total. The van der Waals surface area contributed by atoms with Crippen LogP contribution in [0.25, 0.3) is 11.1 Å². The van der Waals surface area contributed by atoms with Crippen LogP contribution in [-0.4, -0.2) is 37.1 Å². The lowest BCUT2D eigenvalue weighted by Crippen LogP contribution is -2.40. The lowest BCUT2D eigenvalue weighted by atomic mass is 9.99. The first-order valence-corrected chi connectivity index (χ1v) is 11.8. The van der Waals surface area contributed by atoms with E-state index >= 15 is 0 Å². The topological polar surface area (TPSA) is 29.5 Å². The van der Waals surface area contributed by atoms with Crippen molar-refractivity contribution >= 4 is 5.91 Å². The van der Waals surface area contributed by atoms with Crippen LogP contribution in [0.2, 0.25) is 0 Å². The summed E-state index contributed by atoms with van der Waals surface area (Å²) < 4.78 is 5.33. The fraction of sp³-hybridized carbons (Fsp3) is 0.519. The summed E-state index contributed by atoms with van der Waals surface area (Å²) >= 11 is 0. The lowest BCUT2D eigenvalue weighted by Gasteiger charge is -2.26. The Morgan fingerprint density at radius 2 is 1.30 bits per heavy atom. The molecule has 3 heteroatoms. The summed E-state index contributed by atoms with van der Waals surface area (Å²) in [4.78, 5) is 14.4. The average molecular weight is 408 g/mol. The Hall–Kier alpha value is -2.13. The largest absolute Gasteiger partial charge is 0.378 e. The highest BCUT2D eigenvalue weighted by atomic mass is 16.5. The average Bonchev–Trinajstić information content (AvgIpc) is 2.81. The molecule has 1 heterocycles. The van der Waals surface area contributed by atoms with Crippen LogP contribution in [0.4, 0.5) is 0 Å². The molecule has 1 aliphatic rings. The Bertz CT molecular complexity index is 745. The summed E-state index contributed by atoms with van der Waals surface area (Å²) in [5, 5.41) is 0. The van der Waals surface area contributed by atoms with Crippen LogP contribution in [-0.2, 0) is 11.2 Å². The first-order valence-electron chi connectivity index (χ1n) is 11.8. The van der Waals surface area contributed by atoms with Crippen LogP contribution in [0.1, 0.15) is 74.2 Å². The quantitative estimate of drug-likeness (QED) is 0.397. The number of carbonyl (C=O) groups excluding carboxylic acids is 1. The minimum Gasteiger partial charge on any atom is -0.378 e. The molecule has 3 nitrogen and oxygen atoms in total. The van der Waals surface area contributed by atoms with Crippen LogP contribution in [0.3, 0.4) is 0 Å². The predicted octanol–water partition coefficient (Wildman–Crippen LogP) is 6.51. The zero-order chi connectivity index (χ0) is 21.0. The number of hydrogen-bond donors (Lipinski definition) is 0. The van der Waals surface area contributed by atoms with E-state index in [4.69, 9.17) is 4.74 Å². The molecule has 0 atom stereocenters. The smallest absolute Gasteiger partial charge is 0.254 e. The normalized spacial score (nSPS) is 14.1. The van der Waals surface area contributed by atoms with Crippen molar-refractivity contribution < 1.29 is 9.53 Å². The van der Waals surface area contributed by atoms with E-state index in [1.165, 1.54) is 68.9 Å². The van der Waals surface area contributed by atoms with Crippen molar-refractivity contribution in [1.29, 1.82) is 0 Å². The van der Waals surface area contributed by atoms with Crippen LogP contribution in [0.5, 0.6) is 0 Å². The number of nitrogens with zero attached hydrogens (tertiary/aromatic N) is 1. The van der Waals surface area contributed by atoms with Gasteiger partial charge in [-0.2, -0.15) is 0 Å². The maximum absolute atomic E-state index is 12.6. The van der Waals surface area contributed by atoms with Crippen molar-refractivity contribution in [2.45, 2.75) is 64.7 Å². The second kappa shape index (κ2) is 12.5. The van der Waals surface area contributed by atoms with Gasteiger partial charge in [-0.3, -0.25) is 4.79 Å². The molecule has 1 fully saturated rings. The van der Waals surface area contributed by atoms with Crippen molar-refractivity contribution in [2.24, 2.45) is 0 Å². The third-order valence-corrected chi connectivity index (χ3v) is 6.04. The van der Waals surface area contributed by atoms with Gasteiger partial charge in [0.1, 0.15) is 0 Å². The number of amides is 1. The standard InChI is InChI=1S/C27H37NO2/c1-2-3-4-5-6-7-8-9-10-23-11-13-24(14-12-23)25-15-17-26(18-16-25)27(29)28-19-21-30-22-20-28/h11-18H,2-10,19-22H2,1H3. The SMILES string of the molecule is CCCCCCCCCCc1ccc(-c2ccc(C(=O)N3CCOCC3)cc2)cc1. The van der Waals surface area contributed by atoms with Crippen LogP contribution in [0, 0.1) is 0 Å². The number of benzene rings is 2. The van der Waals surface area contributed by atoms with Gasteiger partial charge in [-0.1, -0.05) is 88.3 Å². The Balaban J connectivity index is 1.43. The van der Waals surface area contributed by atoms with E-state index in [0.29, 0.717) is 26.3 Å². The molecule has 1 aliphatic heterocycles. The van der Waals surface area contributed by atoms with Gasteiger partial charge in [-0.05, 0) is 41.7 Å². The zero-order valence-electron chi connectivity index (χ0n) is 18.6. The van der Waals surface area contributed by atoms with Gasteiger partial charge >= 0.3 is 0 Å². The molecule has 2 aromatic carbocycles. The fourth-order valence-electron chi connectivity index (χ4n) is 4.08. The third-order valence-electron chi connectivity index (χ3n) is 6.04. The van der Waals surface area contributed by atoms with Crippen LogP contribution >= 0.6 is 0 Å². The van der Waals surface area contributed by atoms with Gasteiger partial charge in [0.05, 0.1) is 13.2 Å². The fourth-order valence-corrected chi connectivity index (χ4v) is 4.08. The second-order valence-corrected chi connectivity index (χ2v) is 8.40. The Labute approximate surface area is 182 Å². The monoisotopic (exact) mass is 407 g/mol. The molecule has 0 bridgehead atoms. The second-order valence-electron chi connectivity index (χ2n) is 8.40. The summed E-state index contributed by atoms with van der Waals surface area (Å²) in [6.45, 7) is 4.90. The molecule has 1 amide bonds. The van der Waals surface area contributed by atoms with Crippen molar-refractivity contribution in [3.05, 3.63) is 59.7 Å². The molecule has 3 rings (SSSR count). The molecular weight excluding hydrogens is 370 g/mol. The van der Waals surface area contributed by atoms with E-state index in [1.54, 1.807) is 0 Å². The number of carbonyl (C=O) groups is 1. The van der Waals surface area contributed by atoms with E-state index in [-0.39, 0.29) is 5.91 Å². The highest BCUT2D eigenvalue weighted by Crippen LogP contribution is 2.22. The van der Waals surface area contributed by atoms with E-state index in [1.807, 2.05) is 17.0 Å². The van der Waals surface area contributed by atoms with Crippen molar-refractivity contribution in [3.8, 4) is 11.1 Å². The zero-order valence-corrected chi connectivity index (χ0v) is 18.6. The first kappa shape index (κ1) is 22.6. The minimum absolute atomic E-state index is 0.102. The van der Waals surface area contributed by atoms with Gasteiger partial charge in [-0.25, -0.2) is 0 Å². The molecule has 0 unspecified atom stereocenters. The molecule has 162 valence electrons. The Morgan fingerprint density at radius 3 is 1.90 bits per heavy atom. The number of morpholine rings is 1. The third kappa shape index (κ3) is 6.98. The van der Waals surface area contributed by atoms with E-state index < -0.39 is 0 Å². The van der Waals surface area contributed by atoms with Crippen molar-refractivity contribution in [3.63, 3.8) is 0 Å². The number of ether oxygens (including phenoxy) is 1. The number of hydrogen-bond acceptors (Lipinski definition) is 2. The maximum atomic E-state index is 12.6. The van der Waals surface area contributed by atoms with Crippen LogP contribution < -0.4 is 0 Å². The summed E-state index contributed by atoms with van der Waals surface area (Å²) in [5.74, 6) is 0.102. The highest BCUT2D eigenvalue weighted by molar-refractivity contribution is 5.94. The van der Waals surface area contributed by atoms with E-state index in [2.05, 4.69) is 43.3 Å². The van der Waals surface area contributed by atoms with Gasteiger partial charge < -0.3 is 9.64 Å². The van der Waals surface area contributed by atoms with Gasteiger partial charge in [0.15, 0.2) is 0 Å². The molecular formula is C27H37NO2. The van der Waals surface area contributed by atoms with E-state index in [0.717, 1.165) is 11.1 Å². The molecule has 0 aromatic heterocycles. The number of unbranched alkanes of at least 4 members (excludes halogenated alkanes) is 7. The molecule has 0 radical (unpaired) electrons. The lowest BCUT2D eigenvalue weighted by molar-refractivity contribution is 0.0303. The van der Waals surface area contributed by atoms with Crippen molar-refractivity contribution in [1.82, 2.24) is 4.90 Å². The Kier molecular flexibility index (Phi) is 9.43. The molecule has 0 spiro atoms. The Morgan fingerprint density at radius 1 is 0.767 bits per heavy atom. The van der Waals surface area contributed by atoms with Gasteiger partial charge in [0.25, 0.3) is 5.91 Å². The maximum Gasteiger partial charge on any atom is 0.254 e. The molecule has 0 aliphatic carbocycles. The summed E-state index contributed by atoms with van der Waals surface area (Å²) in [7, 11) is 0. The van der Waals surface area contributed by atoms with E-state index in [9.17, 15) is 4.79 Å². The molecule has 30 heavy (non-hydrogen) atoms. The number of rotatable bonds is 11. The van der Waals surface area contributed by atoms with Crippen molar-refractivity contribution in [2.75, 3.05) is 26.3 Å². The summed E-state index contributed by atoms with van der Waals surface area (Å²) in [6, 6.07) is 16.9. The van der Waals surface area contributed by atoms with Gasteiger partial charge in [0, 0.05) is 18.7 Å². The minimum atomic E-state index is 0.102. The molecule has 0 saturated carbocycles. The summed E-state index contributed by atoms with van der Waals surface area (Å²) in [5.41, 5.74) is 4.54. The van der Waals surface area contributed by atoms with Gasteiger partial charge in [-0.15, -0.1) is 0 Å². The van der Waals surface area contributed by atoms with Crippen LogP contribution in [0.15, 0.2) is 48.5 Å². The molecule has 1 saturated heterocycles. The predicted molar refractivity (Wildman–Crippen MR) is 125 cm³/mol. The number of aryl methyl sites for hydroxylation is 1. The summed E-state index contributed by atoms with van der Waals surface area (Å²) in [6.07, 6.45) is 12.1.